The highest BCUT2D eigenvalue weighted by molar-refractivity contribution is 7.99. The Morgan fingerprint density at radius 1 is 0.944 bits per heavy atom. The summed E-state index contributed by atoms with van der Waals surface area (Å²) in [5.74, 6) is -0.0932. The predicted molar refractivity (Wildman–Crippen MR) is 133 cm³/mol. The van der Waals surface area contributed by atoms with Crippen LogP contribution in [-0.4, -0.2) is 42.5 Å². The van der Waals surface area contributed by atoms with Crippen LogP contribution in [0.2, 0.25) is 0 Å². The number of amides is 1. The van der Waals surface area contributed by atoms with Crippen molar-refractivity contribution in [1.29, 1.82) is 0 Å². The standard InChI is InChI=1S/C23H17N7O5S/c31-21(25-24-14-16-6-4-10-19(12-16)29(32)33)15-36-23-27-26-22(28(23)18-8-2-1-3-9-18)17-7-5-11-20(13-17)30(34)35/h1-14H,15H2,(H,25,31). The molecule has 0 spiro atoms. The zero-order chi connectivity index (χ0) is 25.5. The first-order valence-corrected chi connectivity index (χ1v) is 11.4. The van der Waals surface area contributed by atoms with Crippen molar-refractivity contribution in [1.82, 2.24) is 20.2 Å². The van der Waals surface area contributed by atoms with Crippen LogP contribution in [0.5, 0.6) is 0 Å². The van der Waals surface area contributed by atoms with E-state index in [0.717, 1.165) is 17.4 Å². The summed E-state index contributed by atoms with van der Waals surface area (Å²) < 4.78 is 1.71. The van der Waals surface area contributed by atoms with Crippen LogP contribution in [-0.2, 0) is 4.79 Å². The number of non-ortho nitro benzene ring substituents is 2. The van der Waals surface area contributed by atoms with Crippen molar-refractivity contribution in [2.75, 3.05) is 5.75 Å². The van der Waals surface area contributed by atoms with E-state index in [1.54, 1.807) is 22.8 Å². The zero-order valence-electron chi connectivity index (χ0n) is 18.4. The third-order valence-corrected chi connectivity index (χ3v) is 5.71. The van der Waals surface area contributed by atoms with Gasteiger partial charge in [-0.05, 0) is 12.1 Å². The first-order chi connectivity index (χ1) is 17.4. The highest BCUT2D eigenvalue weighted by Gasteiger charge is 2.19. The number of hydrogen-bond acceptors (Lipinski definition) is 9. The summed E-state index contributed by atoms with van der Waals surface area (Å²) in [6, 6.07) is 21.1. The van der Waals surface area contributed by atoms with Gasteiger partial charge in [-0.1, -0.05) is 54.2 Å². The van der Waals surface area contributed by atoms with E-state index < -0.39 is 15.8 Å². The Balaban J connectivity index is 1.51. The van der Waals surface area contributed by atoms with Crippen molar-refractivity contribution in [3.05, 3.63) is 105 Å². The highest BCUT2D eigenvalue weighted by Crippen LogP contribution is 2.29. The Kier molecular flexibility index (Phi) is 7.41. The van der Waals surface area contributed by atoms with Gasteiger partial charge >= 0.3 is 0 Å². The molecule has 180 valence electrons. The van der Waals surface area contributed by atoms with E-state index in [4.69, 9.17) is 0 Å². The lowest BCUT2D eigenvalue weighted by Gasteiger charge is -2.10. The minimum atomic E-state index is -0.517. The Bertz CT molecular complexity index is 1460. The predicted octanol–water partition coefficient (Wildman–Crippen LogP) is 3.99. The summed E-state index contributed by atoms with van der Waals surface area (Å²) in [6.45, 7) is 0. The summed E-state index contributed by atoms with van der Waals surface area (Å²) in [7, 11) is 0. The molecule has 4 rings (SSSR count). The SMILES string of the molecule is O=C(CSc1nnc(-c2cccc([N+](=O)[O-])c2)n1-c1ccccc1)NN=Cc1cccc([N+](=O)[O-])c1. The lowest BCUT2D eigenvalue weighted by atomic mass is 10.2. The second-order valence-corrected chi connectivity index (χ2v) is 8.16. The number of rotatable bonds is 9. The van der Waals surface area contributed by atoms with Crippen LogP contribution >= 0.6 is 11.8 Å². The molecule has 1 N–H and O–H groups in total. The molecule has 4 aromatic rings. The summed E-state index contributed by atoms with van der Waals surface area (Å²) in [5, 5.41) is 34.7. The number of nitro benzene ring substituents is 2. The molecule has 0 aliphatic carbocycles. The van der Waals surface area contributed by atoms with Gasteiger partial charge in [0.15, 0.2) is 11.0 Å². The smallest absolute Gasteiger partial charge is 0.270 e. The minimum absolute atomic E-state index is 0.0494. The number of nitro groups is 2. The van der Waals surface area contributed by atoms with E-state index in [2.05, 4.69) is 20.7 Å². The van der Waals surface area contributed by atoms with E-state index in [1.165, 1.54) is 36.5 Å². The fourth-order valence-electron chi connectivity index (χ4n) is 3.18. The largest absolute Gasteiger partial charge is 0.272 e. The fraction of sp³-hybridized carbons (Fsp3) is 0.0435. The van der Waals surface area contributed by atoms with Gasteiger partial charge < -0.3 is 0 Å². The maximum absolute atomic E-state index is 12.3. The summed E-state index contributed by atoms with van der Waals surface area (Å²) >= 11 is 1.11. The minimum Gasteiger partial charge on any atom is -0.272 e. The van der Waals surface area contributed by atoms with E-state index in [9.17, 15) is 25.0 Å². The number of aromatic nitrogens is 3. The van der Waals surface area contributed by atoms with Crippen molar-refractivity contribution < 1.29 is 14.6 Å². The molecule has 1 amide bonds. The molecule has 36 heavy (non-hydrogen) atoms. The number of hydrazone groups is 1. The first kappa shape index (κ1) is 24.2. The van der Waals surface area contributed by atoms with Gasteiger partial charge in [-0.2, -0.15) is 5.10 Å². The monoisotopic (exact) mass is 503 g/mol. The van der Waals surface area contributed by atoms with Crippen molar-refractivity contribution in [2.24, 2.45) is 5.10 Å². The van der Waals surface area contributed by atoms with E-state index in [1.807, 2.05) is 30.3 Å². The Morgan fingerprint density at radius 3 is 2.36 bits per heavy atom. The molecule has 0 aliphatic heterocycles. The lowest BCUT2D eigenvalue weighted by Crippen LogP contribution is -2.20. The van der Waals surface area contributed by atoms with Crippen LogP contribution in [0.4, 0.5) is 11.4 Å². The summed E-state index contributed by atoms with van der Waals surface area (Å²) in [5.41, 5.74) is 3.89. The third kappa shape index (κ3) is 5.77. The molecule has 12 nitrogen and oxygen atoms in total. The van der Waals surface area contributed by atoms with Crippen molar-refractivity contribution >= 4 is 35.3 Å². The maximum Gasteiger partial charge on any atom is 0.270 e. The summed E-state index contributed by atoms with van der Waals surface area (Å²) in [4.78, 5) is 33.4. The number of carbonyl (C=O) groups excluding carboxylic acids is 1. The molecular formula is C23H17N7O5S. The molecule has 0 bridgehead atoms. The molecule has 0 fully saturated rings. The second-order valence-electron chi connectivity index (χ2n) is 7.22. The van der Waals surface area contributed by atoms with Crippen LogP contribution in [0.1, 0.15) is 5.56 Å². The quantitative estimate of drug-likeness (QED) is 0.155. The van der Waals surface area contributed by atoms with E-state index in [-0.39, 0.29) is 17.1 Å². The molecule has 3 aromatic carbocycles. The average Bonchev–Trinajstić information content (AvgIpc) is 3.32. The molecular weight excluding hydrogens is 486 g/mol. The number of benzene rings is 3. The number of carbonyl (C=O) groups is 1. The normalized spacial score (nSPS) is 10.9. The van der Waals surface area contributed by atoms with Gasteiger partial charge in [-0.15, -0.1) is 10.2 Å². The number of nitrogens with zero attached hydrogens (tertiary/aromatic N) is 6. The fourth-order valence-corrected chi connectivity index (χ4v) is 3.92. The third-order valence-electron chi connectivity index (χ3n) is 4.78. The topological polar surface area (TPSA) is 158 Å². The number of nitrogens with one attached hydrogen (secondary N) is 1. The van der Waals surface area contributed by atoms with E-state index in [0.29, 0.717) is 22.1 Å². The molecule has 1 aromatic heterocycles. The number of para-hydroxylation sites is 1. The van der Waals surface area contributed by atoms with Gasteiger partial charge in [0.05, 0.1) is 21.8 Å². The maximum atomic E-state index is 12.3. The second kappa shape index (κ2) is 11.0. The zero-order valence-corrected chi connectivity index (χ0v) is 19.2. The van der Waals surface area contributed by atoms with Crippen LogP contribution in [0, 0.1) is 20.2 Å². The van der Waals surface area contributed by atoms with Gasteiger partial charge in [0.2, 0.25) is 0 Å². The van der Waals surface area contributed by atoms with Crippen LogP contribution in [0.3, 0.4) is 0 Å². The van der Waals surface area contributed by atoms with Crippen LogP contribution in [0.25, 0.3) is 17.1 Å². The summed E-state index contributed by atoms with van der Waals surface area (Å²) in [6.07, 6.45) is 1.31. The van der Waals surface area contributed by atoms with Gasteiger partial charge in [0.1, 0.15) is 0 Å². The Morgan fingerprint density at radius 2 is 1.64 bits per heavy atom. The first-order valence-electron chi connectivity index (χ1n) is 10.4. The molecule has 13 heteroatoms. The molecule has 0 saturated heterocycles. The average molecular weight is 504 g/mol. The molecule has 0 unspecified atom stereocenters. The Hall–Kier alpha value is -4.91. The molecule has 0 aliphatic rings. The van der Waals surface area contributed by atoms with E-state index >= 15 is 0 Å². The van der Waals surface area contributed by atoms with Gasteiger partial charge in [0.25, 0.3) is 17.3 Å². The molecule has 0 radical (unpaired) electrons. The van der Waals surface area contributed by atoms with Gasteiger partial charge in [0, 0.05) is 41.1 Å². The van der Waals surface area contributed by atoms with Gasteiger partial charge in [-0.3, -0.25) is 29.6 Å². The number of hydrogen-bond donors (Lipinski definition) is 1. The van der Waals surface area contributed by atoms with Crippen LogP contribution in [0.15, 0.2) is 89.1 Å². The molecule has 0 saturated carbocycles. The van der Waals surface area contributed by atoms with Crippen molar-refractivity contribution in [3.8, 4) is 17.1 Å². The molecule has 1 heterocycles. The number of thioether (sulfide) groups is 1. The van der Waals surface area contributed by atoms with Crippen molar-refractivity contribution in [3.63, 3.8) is 0 Å². The van der Waals surface area contributed by atoms with Crippen molar-refractivity contribution in [2.45, 2.75) is 5.16 Å². The highest BCUT2D eigenvalue weighted by atomic mass is 32.2. The molecule has 0 atom stereocenters. The Labute approximate surface area is 208 Å². The lowest BCUT2D eigenvalue weighted by molar-refractivity contribution is -0.385. The van der Waals surface area contributed by atoms with Gasteiger partial charge in [-0.25, -0.2) is 5.43 Å². The van der Waals surface area contributed by atoms with Crippen LogP contribution < -0.4 is 5.43 Å².